The molecule has 260 valence electrons. The van der Waals surface area contributed by atoms with Crippen LogP contribution in [0.15, 0.2) is 85.2 Å². The molecular formula is C40H44Cl2N6O2. The zero-order chi connectivity index (χ0) is 35.9. The number of carbonyl (C=O) groups excluding carboxylic acids is 2. The van der Waals surface area contributed by atoms with Gasteiger partial charge in [0.1, 0.15) is 11.3 Å². The predicted molar refractivity (Wildman–Crippen MR) is 204 cm³/mol. The Morgan fingerprint density at radius 1 is 0.620 bits per heavy atom. The molecule has 0 fully saturated rings. The number of amides is 2. The summed E-state index contributed by atoms with van der Waals surface area (Å²) in [5.74, 6) is 0.178. The van der Waals surface area contributed by atoms with Gasteiger partial charge in [0.15, 0.2) is 0 Å². The van der Waals surface area contributed by atoms with Crippen LogP contribution in [0.2, 0.25) is 10.0 Å². The summed E-state index contributed by atoms with van der Waals surface area (Å²) in [7, 11) is 3.56. The molecule has 0 saturated heterocycles. The lowest BCUT2D eigenvalue weighted by Crippen LogP contribution is -2.34. The average molecular weight is 712 g/mol. The van der Waals surface area contributed by atoms with Gasteiger partial charge in [0.2, 0.25) is 11.8 Å². The number of fused-ring (bicyclic) bond motifs is 2. The maximum Gasteiger partial charge on any atom is 0.228 e. The maximum absolute atomic E-state index is 13.0. The highest BCUT2D eigenvalue weighted by Gasteiger charge is 2.21. The summed E-state index contributed by atoms with van der Waals surface area (Å²) in [5.41, 5.74) is 9.41. The Balaban J connectivity index is 0.000000197. The minimum Gasteiger partial charge on any atom is -0.348 e. The number of hydrogen-bond acceptors (Lipinski definition) is 4. The highest BCUT2D eigenvalue weighted by molar-refractivity contribution is 6.30. The number of benzene rings is 2. The minimum absolute atomic E-state index is 0.0710. The lowest BCUT2D eigenvalue weighted by molar-refractivity contribution is -0.130. The topological polar surface area (TPSA) is 75.2 Å². The fraction of sp³-hybridized carbons (Fsp3) is 0.300. The molecule has 6 rings (SSSR count). The minimum atomic E-state index is 0.0710. The molecule has 2 aromatic carbocycles. The van der Waals surface area contributed by atoms with Crippen molar-refractivity contribution in [3.8, 4) is 22.5 Å². The van der Waals surface area contributed by atoms with Crippen molar-refractivity contribution in [1.29, 1.82) is 0 Å². The number of nitrogens with zero attached hydrogens (tertiary/aromatic N) is 6. The normalized spacial score (nSPS) is 11.0. The van der Waals surface area contributed by atoms with Gasteiger partial charge in [-0.15, -0.1) is 0 Å². The van der Waals surface area contributed by atoms with Crippen molar-refractivity contribution in [2.75, 3.05) is 27.2 Å². The smallest absolute Gasteiger partial charge is 0.228 e. The van der Waals surface area contributed by atoms with Crippen molar-refractivity contribution in [2.45, 2.75) is 53.4 Å². The van der Waals surface area contributed by atoms with Gasteiger partial charge in [-0.25, -0.2) is 9.97 Å². The molecule has 0 bridgehead atoms. The summed E-state index contributed by atoms with van der Waals surface area (Å²) < 4.78 is 3.95. The van der Waals surface area contributed by atoms with Crippen molar-refractivity contribution in [1.82, 2.24) is 28.6 Å². The summed E-state index contributed by atoms with van der Waals surface area (Å²) in [4.78, 5) is 38.3. The number of imidazole rings is 2. The molecule has 0 aliphatic heterocycles. The number of halogens is 2. The van der Waals surface area contributed by atoms with E-state index in [9.17, 15) is 9.59 Å². The Kier molecular flexibility index (Phi) is 12.0. The van der Waals surface area contributed by atoms with Crippen molar-refractivity contribution in [3.05, 3.63) is 118 Å². The Hall–Kier alpha value is -4.66. The molecule has 6 aromatic rings. The molecule has 0 saturated carbocycles. The van der Waals surface area contributed by atoms with Crippen molar-refractivity contribution in [2.24, 2.45) is 0 Å². The highest BCUT2D eigenvalue weighted by atomic mass is 35.5. The van der Waals surface area contributed by atoms with Crippen LogP contribution in [0.5, 0.6) is 0 Å². The first-order valence-electron chi connectivity index (χ1n) is 16.9. The Morgan fingerprint density at radius 2 is 1.08 bits per heavy atom. The highest BCUT2D eigenvalue weighted by Crippen LogP contribution is 2.29. The average Bonchev–Trinajstić information content (AvgIpc) is 3.62. The molecule has 4 aromatic heterocycles. The van der Waals surface area contributed by atoms with Crippen LogP contribution in [-0.2, 0) is 22.4 Å². The maximum atomic E-state index is 13.0. The van der Waals surface area contributed by atoms with Crippen LogP contribution in [0, 0.1) is 13.8 Å². The molecule has 0 N–H and O–H groups in total. The molecule has 2 amide bonds. The van der Waals surface area contributed by atoms with Crippen molar-refractivity contribution < 1.29 is 9.59 Å². The Bertz CT molecular complexity index is 2090. The summed E-state index contributed by atoms with van der Waals surface area (Å²) in [6, 6.07) is 23.5. The first-order chi connectivity index (χ1) is 24.0. The van der Waals surface area contributed by atoms with Crippen LogP contribution in [0.1, 0.15) is 49.2 Å². The first kappa shape index (κ1) is 36.6. The van der Waals surface area contributed by atoms with E-state index in [4.69, 9.17) is 33.2 Å². The summed E-state index contributed by atoms with van der Waals surface area (Å²) in [6.45, 7) is 9.81. The fourth-order valence-electron chi connectivity index (χ4n) is 5.84. The fourth-order valence-corrected chi connectivity index (χ4v) is 6.13. The third-order valence-electron chi connectivity index (χ3n) is 8.47. The second-order valence-electron chi connectivity index (χ2n) is 12.7. The van der Waals surface area contributed by atoms with Crippen molar-refractivity contribution >= 4 is 46.3 Å². The molecule has 10 heteroatoms. The van der Waals surface area contributed by atoms with E-state index in [1.54, 1.807) is 19.0 Å². The number of hydrogen-bond donors (Lipinski definition) is 0. The summed E-state index contributed by atoms with van der Waals surface area (Å²) in [6.07, 6.45) is 6.35. The second-order valence-corrected chi connectivity index (χ2v) is 13.6. The number of pyridine rings is 2. The van der Waals surface area contributed by atoms with Crippen LogP contribution in [0.25, 0.3) is 33.8 Å². The first-order valence-corrected chi connectivity index (χ1v) is 17.7. The molecule has 0 spiro atoms. The third-order valence-corrected chi connectivity index (χ3v) is 8.94. The predicted octanol–water partition coefficient (Wildman–Crippen LogP) is 8.75. The monoisotopic (exact) mass is 710 g/mol. The van der Waals surface area contributed by atoms with Crippen molar-refractivity contribution in [3.63, 3.8) is 0 Å². The Labute approximate surface area is 304 Å². The SMILES string of the molecule is CCCN(CCC)C(=O)Cc1c(-c2ccc(Cl)cc2)nc2ccc(Cl)cn12.Cc1ccc(-c2nc3ccc(C)cn3c2CC(=O)N(C)C)cc1. The van der Waals surface area contributed by atoms with E-state index in [2.05, 4.69) is 45.0 Å². The van der Waals surface area contributed by atoms with E-state index in [0.29, 0.717) is 16.5 Å². The van der Waals surface area contributed by atoms with Crippen LogP contribution >= 0.6 is 23.2 Å². The lowest BCUT2D eigenvalue weighted by Gasteiger charge is -2.21. The van der Waals surface area contributed by atoms with Crippen LogP contribution in [0.4, 0.5) is 0 Å². The molecule has 0 atom stereocenters. The number of rotatable bonds is 10. The van der Waals surface area contributed by atoms with Gasteiger partial charge in [-0.2, -0.15) is 0 Å². The summed E-state index contributed by atoms with van der Waals surface area (Å²) in [5, 5.41) is 1.27. The molecular weight excluding hydrogens is 667 g/mol. The molecule has 8 nitrogen and oxygen atoms in total. The van der Waals surface area contributed by atoms with Crippen LogP contribution in [-0.4, -0.2) is 67.6 Å². The van der Waals surface area contributed by atoms with Gasteiger partial charge in [-0.3, -0.25) is 9.59 Å². The number of aromatic nitrogens is 4. The second kappa shape index (κ2) is 16.4. The van der Waals surface area contributed by atoms with E-state index in [-0.39, 0.29) is 18.2 Å². The van der Waals surface area contributed by atoms with Gasteiger partial charge >= 0.3 is 0 Å². The molecule has 4 heterocycles. The van der Waals surface area contributed by atoms with E-state index >= 15 is 0 Å². The third kappa shape index (κ3) is 8.55. The van der Waals surface area contributed by atoms with Gasteiger partial charge in [0, 0.05) is 55.7 Å². The van der Waals surface area contributed by atoms with Gasteiger partial charge in [-0.1, -0.05) is 85.1 Å². The van der Waals surface area contributed by atoms with Gasteiger partial charge in [0.05, 0.1) is 40.6 Å². The van der Waals surface area contributed by atoms with E-state index < -0.39 is 0 Å². The zero-order valence-corrected chi connectivity index (χ0v) is 31.1. The molecule has 0 aliphatic carbocycles. The van der Waals surface area contributed by atoms with E-state index in [1.165, 1.54) is 5.56 Å². The molecule has 0 aliphatic rings. The van der Waals surface area contributed by atoms with Gasteiger partial charge in [-0.05, 0) is 62.6 Å². The van der Waals surface area contributed by atoms with E-state index in [0.717, 1.165) is 76.7 Å². The van der Waals surface area contributed by atoms with Crippen LogP contribution in [0.3, 0.4) is 0 Å². The molecule has 50 heavy (non-hydrogen) atoms. The van der Waals surface area contributed by atoms with Gasteiger partial charge < -0.3 is 18.6 Å². The van der Waals surface area contributed by atoms with Crippen LogP contribution < -0.4 is 0 Å². The van der Waals surface area contributed by atoms with E-state index in [1.807, 2.05) is 81.5 Å². The lowest BCUT2D eigenvalue weighted by atomic mass is 10.1. The summed E-state index contributed by atoms with van der Waals surface area (Å²) >= 11 is 12.2. The number of likely N-dealkylation sites (N-methyl/N-ethyl adjacent to an activating group) is 1. The quantitative estimate of drug-likeness (QED) is 0.143. The molecule has 0 unspecified atom stereocenters. The number of aryl methyl sites for hydroxylation is 2. The largest absolute Gasteiger partial charge is 0.348 e. The zero-order valence-electron chi connectivity index (χ0n) is 29.6. The number of carbonyl (C=O) groups is 2. The van der Waals surface area contributed by atoms with Gasteiger partial charge in [0.25, 0.3) is 0 Å². The molecule has 0 radical (unpaired) electrons. The Morgan fingerprint density at radius 3 is 1.62 bits per heavy atom. The standard InChI is InChI=1S/C21H23Cl2N3O.C19H21N3O/c1-3-11-25(12-4-2)20(27)13-18-21(15-5-7-16(22)8-6-15)24-19-10-9-17(23)14-26(18)19;1-13-5-8-15(9-6-13)19-16(11-18(23)21(3)4)22-12-14(2)7-10-17(22)20-19/h5-10,14H,3-4,11-13H2,1-2H3;5-10,12H,11H2,1-4H3.